The minimum absolute atomic E-state index is 0.00729. The smallest absolute Gasteiger partial charge is 0.255 e. The number of amides is 1. The second-order valence-corrected chi connectivity index (χ2v) is 8.18. The first-order valence-electron chi connectivity index (χ1n) is 9.48. The molecule has 4 rings (SSSR count). The average molecular weight is 411 g/mol. The number of carbonyl (C=O) groups is 3. The molecule has 1 aromatic rings. The number of hydrogen-bond donors (Lipinski definition) is 5. The second kappa shape index (κ2) is 6.30. The van der Waals surface area contributed by atoms with Gasteiger partial charge in [0.2, 0.25) is 5.78 Å². The van der Waals surface area contributed by atoms with Crippen LogP contribution in [0.25, 0.3) is 5.57 Å². The van der Waals surface area contributed by atoms with Crippen LogP contribution in [-0.2, 0) is 16.0 Å². The van der Waals surface area contributed by atoms with Gasteiger partial charge in [-0.1, -0.05) is 18.2 Å². The van der Waals surface area contributed by atoms with E-state index in [-0.39, 0.29) is 36.1 Å². The molecule has 0 bridgehead atoms. The summed E-state index contributed by atoms with van der Waals surface area (Å²) >= 11 is 0. The number of carbonyl (C=O) groups excluding carboxylic acids is 3. The molecule has 0 radical (unpaired) electrons. The molecule has 8 nitrogen and oxygen atoms in total. The van der Waals surface area contributed by atoms with Crippen LogP contribution in [-0.4, -0.2) is 43.5 Å². The lowest BCUT2D eigenvalue weighted by Crippen LogP contribution is -2.57. The zero-order valence-corrected chi connectivity index (χ0v) is 16.2. The first kappa shape index (κ1) is 19.9. The molecular weight excluding hydrogens is 390 g/mol. The second-order valence-electron chi connectivity index (χ2n) is 8.18. The van der Waals surface area contributed by atoms with E-state index >= 15 is 0 Å². The van der Waals surface area contributed by atoms with Crippen molar-refractivity contribution in [2.24, 2.45) is 17.6 Å². The van der Waals surface area contributed by atoms with Crippen molar-refractivity contribution in [1.82, 2.24) is 0 Å². The van der Waals surface area contributed by atoms with Gasteiger partial charge in [0.25, 0.3) is 5.91 Å². The third-order valence-corrected chi connectivity index (χ3v) is 6.41. The molecule has 0 heterocycles. The number of benzene rings is 1. The van der Waals surface area contributed by atoms with Gasteiger partial charge in [-0.25, -0.2) is 0 Å². The van der Waals surface area contributed by atoms with Crippen molar-refractivity contribution >= 4 is 23.0 Å². The Kier molecular flexibility index (Phi) is 4.18. The summed E-state index contributed by atoms with van der Waals surface area (Å²) in [6, 6.07) is 3.02. The fourth-order valence-electron chi connectivity index (χ4n) is 5.02. The summed E-state index contributed by atoms with van der Waals surface area (Å²) < 4.78 is 0. The van der Waals surface area contributed by atoms with Gasteiger partial charge >= 0.3 is 0 Å². The van der Waals surface area contributed by atoms with Gasteiger partial charge in [0.05, 0.1) is 5.56 Å². The molecule has 0 saturated heterocycles. The number of phenols is 1. The highest BCUT2D eigenvalue weighted by Gasteiger charge is 2.59. The van der Waals surface area contributed by atoms with Gasteiger partial charge < -0.3 is 26.2 Å². The first-order chi connectivity index (χ1) is 14.0. The quantitative estimate of drug-likeness (QED) is 0.462. The number of nitrogens with two attached hydrogens (primary N) is 1. The van der Waals surface area contributed by atoms with E-state index in [1.165, 1.54) is 6.07 Å². The van der Waals surface area contributed by atoms with Crippen LogP contribution in [0, 0.1) is 11.8 Å². The van der Waals surface area contributed by atoms with Crippen molar-refractivity contribution in [3.05, 3.63) is 58.1 Å². The van der Waals surface area contributed by atoms with Crippen molar-refractivity contribution in [1.29, 1.82) is 0 Å². The molecule has 0 unspecified atom stereocenters. The Morgan fingerprint density at radius 2 is 1.87 bits per heavy atom. The van der Waals surface area contributed by atoms with Crippen molar-refractivity contribution in [3.63, 3.8) is 0 Å². The van der Waals surface area contributed by atoms with Crippen LogP contribution < -0.4 is 5.73 Å². The number of aliphatic hydroxyl groups excluding tert-OH is 2. The molecular formula is C22H21NO7. The van der Waals surface area contributed by atoms with E-state index in [0.29, 0.717) is 16.7 Å². The third-order valence-electron chi connectivity index (χ3n) is 6.41. The van der Waals surface area contributed by atoms with Gasteiger partial charge in [-0.2, -0.15) is 0 Å². The maximum absolute atomic E-state index is 13.3. The Bertz CT molecular complexity index is 1130. The number of aromatic hydroxyl groups is 1. The number of fused-ring (bicyclic) bond motifs is 3. The molecule has 3 atom stereocenters. The van der Waals surface area contributed by atoms with Gasteiger partial charge in [-0.05, 0) is 42.9 Å². The van der Waals surface area contributed by atoms with Gasteiger partial charge in [-0.3, -0.25) is 14.4 Å². The number of allylic oxidation sites excluding steroid dienone is 3. The lowest BCUT2D eigenvalue weighted by Gasteiger charge is -2.45. The molecule has 1 aromatic carbocycles. The Morgan fingerprint density at radius 3 is 2.47 bits per heavy atom. The minimum Gasteiger partial charge on any atom is -0.511 e. The van der Waals surface area contributed by atoms with Crippen LogP contribution in [0.5, 0.6) is 5.75 Å². The standard InChI is InChI=1S/C22H21NO7/c1-8(2)11-3-4-13(24)16-12(11)6-9-5-10-7-14(25)17(21(23)29)20(28)22(10,30)19(27)15(9)18(16)26/h3-4,9-10,24-25,27,30H,1,5-7H2,2H3,(H2,23,29)/t9-,10+,22+/m1/s1. The fraction of sp³-hybridized carbons (Fsp3) is 0.318. The maximum Gasteiger partial charge on any atom is 0.255 e. The summed E-state index contributed by atoms with van der Waals surface area (Å²) in [5.74, 6) is -6.32. The molecule has 8 heteroatoms. The number of ketones is 2. The highest BCUT2D eigenvalue weighted by Crippen LogP contribution is 2.51. The summed E-state index contributed by atoms with van der Waals surface area (Å²) in [5, 5.41) is 42.5. The lowest BCUT2D eigenvalue weighted by molar-refractivity contribution is -0.144. The Hall–Kier alpha value is -3.39. The van der Waals surface area contributed by atoms with E-state index in [1.54, 1.807) is 13.0 Å². The van der Waals surface area contributed by atoms with Gasteiger partial charge in [0.15, 0.2) is 11.4 Å². The number of Topliss-reactive ketones (excluding diaryl/α,β-unsaturated/α-hetero) is 2. The predicted octanol–water partition coefficient (Wildman–Crippen LogP) is 1.61. The van der Waals surface area contributed by atoms with Gasteiger partial charge in [0.1, 0.15) is 22.8 Å². The van der Waals surface area contributed by atoms with Crippen LogP contribution in [0.1, 0.15) is 41.3 Å². The molecule has 3 aliphatic rings. The highest BCUT2D eigenvalue weighted by molar-refractivity contribution is 6.24. The largest absolute Gasteiger partial charge is 0.511 e. The minimum atomic E-state index is -2.54. The summed E-state index contributed by atoms with van der Waals surface area (Å²) in [7, 11) is 0. The van der Waals surface area contributed by atoms with Crippen molar-refractivity contribution in [2.75, 3.05) is 0 Å². The van der Waals surface area contributed by atoms with Crippen LogP contribution in [0.3, 0.4) is 0 Å². The summed E-state index contributed by atoms with van der Waals surface area (Å²) in [6.07, 6.45) is 0.127. The van der Waals surface area contributed by atoms with E-state index in [0.717, 1.165) is 0 Å². The molecule has 0 fully saturated rings. The van der Waals surface area contributed by atoms with E-state index in [1.807, 2.05) is 0 Å². The molecule has 30 heavy (non-hydrogen) atoms. The zero-order chi connectivity index (χ0) is 22.1. The summed E-state index contributed by atoms with van der Waals surface area (Å²) in [6.45, 7) is 5.68. The molecule has 0 saturated carbocycles. The molecule has 0 spiro atoms. The number of hydrogen-bond acceptors (Lipinski definition) is 7. The number of phenolic OH excluding ortho intramolecular Hbond substituents is 1. The Balaban J connectivity index is 1.93. The molecule has 0 aliphatic heterocycles. The number of rotatable bonds is 2. The maximum atomic E-state index is 13.3. The van der Waals surface area contributed by atoms with Crippen LogP contribution in [0.15, 0.2) is 41.4 Å². The Morgan fingerprint density at radius 1 is 1.20 bits per heavy atom. The highest BCUT2D eigenvalue weighted by atomic mass is 16.3. The molecule has 0 aromatic heterocycles. The fourth-order valence-corrected chi connectivity index (χ4v) is 5.02. The van der Waals surface area contributed by atoms with Crippen LogP contribution in [0.4, 0.5) is 0 Å². The SMILES string of the molecule is C=C(C)c1ccc(O)c2c1C[C@H]1C[C@H]3CC(O)=C(C(N)=O)C(=O)[C@@]3(O)C(O)=C1C2=O. The Labute approximate surface area is 171 Å². The van der Waals surface area contributed by atoms with Crippen LogP contribution in [0.2, 0.25) is 0 Å². The van der Waals surface area contributed by atoms with Crippen molar-refractivity contribution in [2.45, 2.75) is 31.8 Å². The van der Waals surface area contributed by atoms with Gasteiger partial charge in [0, 0.05) is 17.9 Å². The zero-order valence-electron chi connectivity index (χ0n) is 16.2. The molecule has 3 aliphatic carbocycles. The summed E-state index contributed by atoms with van der Waals surface area (Å²) in [4.78, 5) is 37.7. The molecule has 6 N–H and O–H groups in total. The normalized spacial score (nSPS) is 28.1. The number of primary amides is 1. The van der Waals surface area contributed by atoms with Gasteiger partial charge in [-0.15, -0.1) is 0 Å². The van der Waals surface area contributed by atoms with E-state index in [4.69, 9.17) is 5.73 Å². The third kappa shape index (κ3) is 2.40. The van der Waals surface area contributed by atoms with Crippen molar-refractivity contribution in [3.8, 4) is 5.75 Å². The van der Waals surface area contributed by atoms with E-state index in [9.17, 15) is 34.8 Å². The average Bonchev–Trinajstić information content (AvgIpc) is 2.64. The monoisotopic (exact) mass is 411 g/mol. The molecule has 156 valence electrons. The van der Waals surface area contributed by atoms with Crippen molar-refractivity contribution < 1.29 is 34.8 Å². The van der Waals surface area contributed by atoms with E-state index in [2.05, 4.69) is 6.58 Å². The summed E-state index contributed by atoms with van der Waals surface area (Å²) in [5.41, 5.74) is 3.64. The predicted molar refractivity (Wildman–Crippen MR) is 106 cm³/mol. The first-order valence-corrected chi connectivity index (χ1v) is 9.48. The lowest BCUT2D eigenvalue weighted by atomic mass is 9.60. The van der Waals surface area contributed by atoms with Crippen LogP contribution >= 0.6 is 0 Å². The number of aliphatic hydroxyl groups is 3. The molecule has 1 amide bonds. The van der Waals surface area contributed by atoms with E-state index < -0.39 is 52.0 Å². The topological polar surface area (TPSA) is 158 Å².